The van der Waals surface area contributed by atoms with E-state index in [2.05, 4.69) is 4.90 Å². The molecule has 2 saturated heterocycles. The van der Waals surface area contributed by atoms with Gasteiger partial charge in [-0.2, -0.15) is 0 Å². The fraction of sp³-hybridized carbons (Fsp3) is 0.636. The van der Waals surface area contributed by atoms with Gasteiger partial charge in [0.2, 0.25) is 5.91 Å². The van der Waals surface area contributed by atoms with Gasteiger partial charge in [-0.1, -0.05) is 23.7 Å². The molecule has 1 unspecified atom stereocenters. The van der Waals surface area contributed by atoms with Crippen molar-refractivity contribution in [1.82, 2.24) is 14.7 Å². The highest BCUT2D eigenvalue weighted by molar-refractivity contribution is 6.30. The maximum absolute atomic E-state index is 13.4. The molecule has 0 N–H and O–H groups in total. The Morgan fingerprint density at radius 2 is 1.86 bits per heavy atom. The van der Waals surface area contributed by atoms with Gasteiger partial charge in [0.25, 0.3) is 0 Å². The molecule has 2 amide bonds. The van der Waals surface area contributed by atoms with Crippen LogP contribution in [0.4, 0.5) is 4.79 Å². The van der Waals surface area contributed by atoms with E-state index in [-0.39, 0.29) is 17.9 Å². The number of hydrogen-bond acceptors (Lipinski definition) is 4. The van der Waals surface area contributed by atoms with Gasteiger partial charge in [0.05, 0.1) is 12.5 Å². The number of hydrogen-bond donors (Lipinski definition) is 0. The van der Waals surface area contributed by atoms with E-state index in [0.29, 0.717) is 37.8 Å². The fourth-order valence-corrected chi connectivity index (χ4v) is 4.29. The van der Waals surface area contributed by atoms with E-state index in [1.54, 1.807) is 11.8 Å². The largest absolute Gasteiger partial charge is 0.450 e. The summed E-state index contributed by atoms with van der Waals surface area (Å²) in [4.78, 5) is 31.6. The molecule has 0 saturated carbocycles. The molecule has 1 atom stereocenters. The summed E-state index contributed by atoms with van der Waals surface area (Å²) in [5.41, 5.74) is 1.07. The highest BCUT2D eigenvalue weighted by atomic mass is 35.5. The van der Waals surface area contributed by atoms with Crippen molar-refractivity contribution in [3.63, 3.8) is 0 Å². The van der Waals surface area contributed by atoms with Crippen LogP contribution in [0.5, 0.6) is 0 Å². The van der Waals surface area contributed by atoms with Crippen molar-refractivity contribution in [2.24, 2.45) is 5.92 Å². The van der Waals surface area contributed by atoms with Crippen LogP contribution in [0.3, 0.4) is 0 Å². The molecule has 2 fully saturated rings. The number of nitrogens with zero attached hydrogens (tertiary/aromatic N) is 3. The van der Waals surface area contributed by atoms with Gasteiger partial charge in [-0.15, -0.1) is 0 Å². The van der Waals surface area contributed by atoms with Crippen LogP contribution in [0.15, 0.2) is 24.3 Å². The van der Waals surface area contributed by atoms with Crippen LogP contribution in [0.2, 0.25) is 5.02 Å². The maximum atomic E-state index is 13.4. The third-order valence-electron chi connectivity index (χ3n) is 5.78. The van der Waals surface area contributed by atoms with Crippen LogP contribution < -0.4 is 0 Å². The summed E-state index contributed by atoms with van der Waals surface area (Å²) in [6, 6.07) is 7.68. The molecular weight excluding hydrogens is 390 g/mol. The molecule has 2 aliphatic heterocycles. The van der Waals surface area contributed by atoms with Crippen LogP contribution in [0.25, 0.3) is 0 Å². The highest BCUT2D eigenvalue weighted by Crippen LogP contribution is 2.21. The van der Waals surface area contributed by atoms with Gasteiger partial charge in [-0.25, -0.2) is 4.79 Å². The number of amides is 2. The molecule has 3 rings (SSSR count). The second-order valence-electron chi connectivity index (χ2n) is 7.92. The minimum absolute atomic E-state index is 0.133. The number of piperidine rings is 1. The first-order valence-electron chi connectivity index (χ1n) is 10.7. The monoisotopic (exact) mass is 421 g/mol. The average molecular weight is 422 g/mol. The van der Waals surface area contributed by atoms with Gasteiger partial charge < -0.3 is 19.4 Å². The zero-order valence-electron chi connectivity index (χ0n) is 17.3. The molecule has 7 heteroatoms. The average Bonchev–Trinajstić information content (AvgIpc) is 3.26. The van der Waals surface area contributed by atoms with Gasteiger partial charge in [0.15, 0.2) is 0 Å². The van der Waals surface area contributed by atoms with Gasteiger partial charge in [0.1, 0.15) is 0 Å². The molecule has 6 nitrogen and oxygen atoms in total. The van der Waals surface area contributed by atoms with Crippen molar-refractivity contribution in [3.8, 4) is 0 Å². The fourth-order valence-electron chi connectivity index (χ4n) is 4.16. The summed E-state index contributed by atoms with van der Waals surface area (Å²) in [6.45, 7) is 7.66. The van der Waals surface area contributed by atoms with Crippen molar-refractivity contribution in [2.75, 3.05) is 45.9 Å². The van der Waals surface area contributed by atoms with E-state index in [1.807, 2.05) is 29.2 Å². The molecule has 0 spiro atoms. The molecule has 0 radical (unpaired) electrons. The summed E-state index contributed by atoms with van der Waals surface area (Å²) in [5.74, 6) is -0.0350. The number of halogens is 1. The summed E-state index contributed by atoms with van der Waals surface area (Å²) >= 11 is 6.01. The first-order valence-corrected chi connectivity index (χ1v) is 11.1. The quantitative estimate of drug-likeness (QED) is 0.674. The Morgan fingerprint density at radius 1 is 1.14 bits per heavy atom. The summed E-state index contributed by atoms with van der Waals surface area (Å²) in [7, 11) is 0. The summed E-state index contributed by atoms with van der Waals surface area (Å²) in [6.07, 6.45) is 3.81. The lowest BCUT2D eigenvalue weighted by Crippen LogP contribution is -2.48. The molecule has 2 aliphatic rings. The van der Waals surface area contributed by atoms with Gasteiger partial charge in [-0.05, 0) is 63.4 Å². The molecule has 1 aromatic rings. The van der Waals surface area contributed by atoms with Crippen LogP contribution in [-0.2, 0) is 16.1 Å². The van der Waals surface area contributed by atoms with Crippen molar-refractivity contribution in [1.29, 1.82) is 0 Å². The number of rotatable bonds is 7. The summed E-state index contributed by atoms with van der Waals surface area (Å²) < 4.78 is 5.13. The predicted octanol–water partition coefficient (Wildman–Crippen LogP) is 3.63. The molecule has 0 aromatic heterocycles. The van der Waals surface area contributed by atoms with Crippen LogP contribution >= 0.6 is 11.6 Å². The first-order chi connectivity index (χ1) is 14.1. The van der Waals surface area contributed by atoms with Crippen molar-refractivity contribution < 1.29 is 14.3 Å². The summed E-state index contributed by atoms with van der Waals surface area (Å²) in [5, 5.41) is 0.695. The Hall–Kier alpha value is -1.79. The molecule has 1 aromatic carbocycles. The SMILES string of the molecule is CCOC(=O)N1CCCC(C(=O)N(CCN2CCCC2)Cc2ccc(Cl)cc2)C1. The highest BCUT2D eigenvalue weighted by Gasteiger charge is 2.32. The lowest BCUT2D eigenvalue weighted by molar-refractivity contribution is -0.138. The van der Waals surface area contributed by atoms with Gasteiger partial charge >= 0.3 is 6.09 Å². The Bertz CT molecular complexity index is 676. The second-order valence-corrected chi connectivity index (χ2v) is 8.36. The standard InChI is InChI=1S/C22H32ClN3O3/c1-2-29-22(28)26-13-5-6-19(17-26)21(27)25(15-14-24-11-3-4-12-24)16-18-7-9-20(23)10-8-18/h7-10,19H,2-6,11-17H2,1H3. The van der Waals surface area contributed by atoms with Crippen LogP contribution in [0, 0.1) is 5.92 Å². The predicted molar refractivity (Wildman–Crippen MR) is 114 cm³/mol. The Balaban J connectivity index is 1.66. The number of carbonyl (C=O) groups is 2. The number of likely N-dealkylation sites (tertiary alicyclic amines) is 2. The zero-order valence-corrected chi connectivity index (χ0v) is 18.1. The number of benzene rings is 1. The molecule has 0 bridgehead atoms. The van der Waals surface area contributed by atoms with E-state index < -0.39 is 0 Å². The molecular formula is C22H32ClN3O3. The van der Waals surface area contributed by atoms with Crippen molar-refractivity contribution >= 4 is 23.6 Å². The number of carbonyl (C=O) groups excluding carboxylic acids is 2. The Labute approximate surface area is 178 Å². The zero-order chi connectivity index (χ0) is 20.6. The molecule has 0 aliphatic carbocycles. The van der Waals surface area contributed by atoms with Crippen molar-refractivity contribution in [2.45, 2.75) is 39.2 Å². The minimum atomic E-state index is -0.314. The van der Waals surface area contributed by atoms with Gasteiger partial charge in [-0.3, -0.25) is 4.79 Å². The third-order valence-corrected chi connectivity index (χ3v) is 6.03. The third kappa shape index (κ3) is 6.34. The van der Waals surface area contributed by atoms with E-state index in [4.69, 9.17) is 16.3 Å². The molecule has 2 heterocycles. The molecule has 29 heavy (non-hydrogen) atoms. The smallest absolute Gasteiger partial charge is 0.409 e. The van der Waals surface area contributed by atoms with Crippen molar-refractivity contribution in [3.05, 3.63) is 34.9 Å². The number of ether oxygens (including phenoxy) is 1. The maximum Gasteiger partial charge on any atom is 0.409 e. The Kier molecular flexibility index (Phi) is 8.19. The second kappa shape index (κ2) is 10.8. The van der Waals surface area contributed by atoms with E-state index in [1.165, 1.54) is 12.8 Å². The van der Waals surface area contributed by atoms with E-state index >= 15 is 0 Å². The van der Waals surface area contributed by atoms with Crippen LogP contribution in [-0.4, -0.2) is 72.6 Å². The normalized spacial score (nSPS) is 19.9. The Morgan fingerprint density at radius 3 is 2.55 bits per heavy atom. The lowest BCUT2D eigenvalue weighted by Gasteiger charge is -2.35. The van der Waals surface area contributed by atoms with E-state index in [0.717, 1.165) is 38.0 Å². The first kappa shape index (κ1) is 21.9. The topological polar surface area (TPSA) is 53.1 Å². The minimum Gasteiger partial charge on any atom is -0.450 e. The lowest BCUT2D eigenvalue weighted by atomic mass is 9.96. The van der Waals surface area contributed by atoms with Gasteiger partial charge in [0, 0.05) is 37.7 Å². The van der Waals surface area contributed by atoms with E-state index in [9.17, 15) is 9.59 Å². The van der Waals surface area contributed by atoms with Crippen LogP contribution in [0.1, 0.15) is 38.2 Å². The molecule has 160 valence electrons.